The average molecular weight is 485 g/mol. The summed E-state index contributed by atoms with van der Waals surface area (Å²) in [5.41, 5.74) is 2.49. The molecule has 3 heterocycles. The number of para-hydroxylation sites is 1. The van der Waals surface area contributed by atoms with E-state index in [4.69, 9.17) is 0 Å². The number of thiophene rings is 1. The number of ketones is 1. The van der Waals surface area contributed by atoms with Crippen LogP contribution in [0.15, 0.2) is 88.2 Å². The third-order valence-electron chi connectivity index (χ3n) is 6.66. The molecular weight excluding hydrogens is 464 g/mol. The topological polar surface area (TPSA) is 110 Å². The number of nitro benzene ring substituents is 1. The Morgan fingerprint density at radius 2 is 1.83 bits per heavy atom. The highest BCUT2D eigenvalue weighted by Gasteiger charge is 2.41. The molecule has 0 radical (unpaired) electrons. The van der Waals surface area contributed by atoms with E-state index in [0.29, 0.717) is 41.0 Å². The van der Waals surface area contributed by atoms with Crippen molar-refractivity contribution in [3.63, 3.8) is 0 Å². The van der Waals surface area contributed by atoms with Gasteiger partial charge in [0.05, 0.1) is 16.2 Å². The van der Waals surface area contributed by atoms with Crippen molar-refractivity contribution in [3.05, 3.63) is 120 Å². The van der Waals surface area contributed by atoms with Gasteiger partial charge in [0.2, 0.25) is 0 Å². The van der Waals surface area contributed by atoms with Gasteiger partial charge >= 0.3 is 0 Å². The molecule has 174 valence electrons. The van der Waals surface area contributed by atoms with E-state index >= 15 is 0 Å². The van der Waals surface area contributed by atoms with Crippen LogP contribution in [-0.2, 0) is 4.79 Å². The first-order valence-electron chi connectivity index (χ1n) is 11.2. The second-order valence-corrected chi connectivity index (χ2v) is 9.70. The predicted molar refractivity (Wildman–Crippen MR) is 133 cm³/mol. The predicted octanol–water partition coefficient (Wildman–Crippen LogP) is 5.09. The van der Waals surface area contributed by atoms with E-state index in [9.17, 15) is 19.7 Å². The molecule has 2 aromatic heterocycles. The van der Waals surface area contributed by atoms with Crippen molar-refractivity contribution in [3.8, 4) is 5.69 Å². The highest BCUT2D eigenvalue weighted by Crippen LogP contribution is 2.47. The molecular formula is C26H20N4O4S. The Bertz CT molecular complexity index is 1550. The number of hydrogen-bond donors (Lipinski definition) is 2. The normalized spacial score (nSPS) is 19.1. The minimum absolute atomic E-state index is 0.0454. The molecule has 2 unspecified atom stereocenters. The molecule has 1 aliphatic heterocycles. The minimum atomic E-state index is -0.702. The Hall–Kier alpha value is -4.24. The van der Waals surface area contributed by atoms with Crippen LogP contribution in [0, 0.1) is 10.1 Å². The molecule has 6 rings (SSSR count). The fraction of sp³-hybridized carbons (Fsp3) is 0.154. The highest BCUT2D eigenvalue weighted by molar-refractivity contribution is 7.10. The van der Waals surface area contributed by atoms with Crippen LogP contribution in [0.1, 0.15) is 40.7 Å². The molecule has 4 aromatic rings. The summed E-state index contributed by atoms with van der Waals surface area (Å²) in [6.07, 6.45) is 0.948. The Morgan fingerprint density at radius 1 is 1.00 bits per heavy atom. The van der Waals surface area contributed by atoms with Crippen molar-refractivity contribution in [1.82, 2.24) is 9.78 Å². The van der Waals surface area contributed by atoms with E-state index in [-0.39, 0.29) is 22.9 Å². The lowest BCUT2D eigenvalue weighted by molar-refractivity contribution is -0.384. The second kappa shape index (κ2) is 8.21. The van der Waals surface area contributed by atoms with Gasteiger partial charge in [-0.1, -0.05) is 36.4 Å². The van der Waals surface area contributed by atoms with Crippen LogP contribution < -0.4 is 10.9 Å². The summed E-state index contributed by atoms with van der Waals surface area (Å²) in [6.45, 7) is 0. The number of H-pyrrole nitrogens is 1. The number of non-ortho nitro benzene ring substituents is 1. The fourth-order valence-electron chi connectivity index (χ4n) is 5.13. The summed E-state index contributed by atoms with van der Waals surface area (Å²) in [5, 5.41) is 20.0. The van der Waals surface area contributed by atoms with Gasteiger partial charge in [-0.3, -0.25) is 24.8 Å². The number of aromatic nitrogens is 2. The van der Waals surface area contributed by atoms with Crippen molar-refractivity contribution >= 4 is 28.6 Å². The van der Waals surface area contributed by atoms with E-state index in [1.807, 2.05) is 47.8 Å². The molecule has 0 spiro atoms. The number of aromatic amines is 1. The molecule has 2 N–H and O–H groups in total. The number of Topliss-reactive ketones (excluding diaryl/α,β-unsaturated/α-hetero) is 1. The van der Waals surface area contributed by atoms with Crippen molar-refractivity contribution in [1.29, 1.82) is 0 Å². The van der Waals surface area contributed by atoms with E-state index in [1.54, 1.807) is 23.5 Å². The SMILES string of the molecule is O=C1CC(c2cccs2)CC2=C1C(c1cccc([N+](=O)[O-])c1)c1c([nH]n(-c3ccccc3)c1=O)N2. The van der Waals surface area contributed by atoms with Crippen LogP contribution in [0.5, 0.6) is 0 Å². The lowest BCUT2D eigenvalue weighted by atomic mass is 9.74. The molecule has 2 atom stereocenters. The number of carbonyl (C=O) groups is 1. The lowest BCUT2D eigenvalue weighted by Gasteiger charge is -2.34. The average Bonchev–Trinajstić information content (AvgIpc) is 3.52. The van der Waals surface area contributed by atoms with Crippen molar-refractivity contribution in [2.75, 3.05) is 5.32 Å². The maximum Gasteiger partial charge on any atom is 0.277 e. The zero-order valence-electron chi connectivity index (χ0n) is 18.4. The highest BCUT2D eigenvalue weighted by atomic mass is 32.1. The largest absolute Gasteiger partial charge is 0.343 e. The van der Waals surface area contributed by atoms with Gasteiger partial charge in [-0.2, -0.15) is 0 Å². The van der Waals surface area contributed by atoms with Gasteiger partial charge in [0.25, 0.3) is 11.2 Å². The van der Waals surface area contributed by atoms with E-state index < -0.39 is 10.8 Å². The summed E-state index contributed by atoms with van der Waals surface area (Å²) >= 11 is 1.62. The van der Waals surface area contributed by atoms with E-state index in [0.717, 1.165) is 10.6 Å². The standard InChI is InChI=1S/C26H20N4O4S/c31-20-14-16(21-10-5-11-35-21)13-19-23(20)22(15-6-4-9-18(12-15)30(33)34)24-25(27-19)28-29(26(24)32)17-7-2-1-3-8-17/h1-12,16,22,27-28H,13-14H2. The first-order valence-corrected chi connectivity index (χ1v) is 12.1. The Kier molecular flexibility index (Phi) is 5.00. The van der Waals surface area contributed by atoms with E-state index in [1.165, 1.54) is 16.8 Å². The Labute approximate surface area is 203 Å². The summed E-state index contributed by atoms with van der Waals surface area (Å²) in [5.74, 6) is -0.199. The Morgan fingerprint density at radius 3 is 2.57 bits per heavy atom. The zero-order valence-corrected chi connectivity index (χ0v) is 19.2. The first-order chi connectivity index (χ1) is 17.0. The number of carbonyl (C=O) groups excluding carboxylic acids is 1. The number of anilines is 1. The maximum absolute atomic E-state index is 13.7. The third kappa shape index (κ3) is 3.52. The number of rotatable bonds is 4. The van der Waals surface area contributed by atoms with Gasteiger partial charge in [-0.25, -0.2) is 4.68 Å². The molecule has 0 fully saturated rings. The fourth-order valence-corrected chi connectivity index (χ4v) is 5.96. The molecule has 0 saturated heterocycles. The minimum Gasteiger partial charge on any atom is -0.343 e. The molecule has 0 amide bonds. The molecule has 0 bridgehead atoms. The second-order valence-electron chi connectivity index (χ2n) is 8.72. The molecule has 9 heteroatoms. The molecule has 0 saturated carbocycles. The quantitative estimate of drug-likeness (QED) is 0.310. The lowest BCUT2D eigenvalue weighted by Crippen LogP contribution is -2.31. The van der Waals surface area contributed by atoms with E-state index in [2.05, 4.69) is 10.4 Å². The van der Waals surface area contributed by atoms with Crippen molar-refractivity contribution in [2.24, 2.45) is 0 Å². The molecule has 2 aliphatic rings. The summed E-state index contributed by atoms with van der Waals surface area (Å²) in [4.78, 5) is 39.4. The number of nitro groups is 1. The van der Waals surface area contributed by atoms with Crippen LogP contribution in [0.3, 0.4) is 0 Å². The number of nitrogens with one attached hydrogen (secondary N) is 2. The Balaban J connectivity index is 1.55. The van der Waals surface area contributed by atoms with Crippen LogP contribution in [0.2, 0.25) is 0 Å². The summed E-state index contributed by atoms with van der Waals surface area (Å²) in [7, 11) is 0. The smallest absolute Gasteiger partial charge is 0.277 e. The number of fused-ring (bicyclic) bond motifs is 1. The van der Waals surface area contributed by atoms with Gasteiger partial charge in [0.1, 0.15) is 5.82 Å². The molecule has 35 heavy (non-hydrogen) atoms. The third-order valence-corrected chi connectivity index (χ3v) is 7.70. The number of allylic oxidation sites excluding steroid dienone is 2. The van der Waals surface area contributed by atoms with Crippen molar-refractivity contribution in [2.45, 2.75) is 24.7 Å². The molecule has 1 aliphatic carbocycles. The number of benzene rings is 2. The van der Waals surface area contributed by atoms with Gasteiger partial charge in [0, 0.05) is 46.5 Å². The molecule has 2 aromatic carbocycles. The van der Waals surface area contributed by atoms with Crippen molar-refractivity contribution < 1.29 is 9.72 Å². The summed E-state index contributed by atoms with van der Waals surface area (Å²) in [6, 6.07) is 19.4. The monoisotopic (exact) mass is 484 g/mol. The van der Waals surface area contributed by atoms with Gasteiger partial charge in [0.15, 0.2) is 5.78 Å². The van der Waals surface area contributed by atoms with Gasteiger partial charge in [-0.15, -0.1) is 11.3 Å². The first kappa shape index (κ1) is 21.3. The summed E-state index contributed by atoms with van der Waals surface area (Å²) < 4.78 is 1.45. The maximum atomic E-state index is 13.7. The zero-order chi connectivity index (χ0) is 24.1. The van der Waals surface area contributed by atoms with Crippen LogP contribution in [0.25, 0.3) is 5.69 Å². The number of hydrogen-bond acceptors (Lipinski definition) is 6. The van der Waals surface area contributed by atoms with Crippen LogP contribution in [0.4, 0.5) is 11.5 Å². The van der Waals surface area contributed by atoms with Crippen LogP contribution in [-0.4, -0.2) is 20.5 Å². The van der Waals surface area contributed by atoms with Gasteiger partial charge in [-0.05, 0) is 35.6 Å². The number of nitrogens with zero attached hydrogens (tertiary/aromatic N) is 2. The van der Waals surface area contributed by atoms with Gasteiger partial charge < -0.3 is 5.32 Å². The molecule has 8 nitrogen and oxygen atoms in total. The van der Waals surface area contributed by atoms with Crippen LogP contribution >= 0.6 is 11.3 Å².